The lowest BCUT2D eigenvalue weighted by molar-refractivity contribution is 0.0712. The van der Waals surface area contributed by atoms with Crippen molar-refractivity contribution in [2.75, 3.05) is 37.4 Å². The van der Waals surface area contributed by atoms with Crippen LogP contribution in [-0.2, 0) is 0 Å². The van der Waals surface area contributed by atoms with E-state index >= 15 is 0 Å². The number of aromatic nitrogens is 3. The summed E-state index contributed by atoms with van der Waals surface area (Å²) in [5.41, 5.74) is 3.47. The normalized spacial score (nSPS) is 13.8. The Bertz CT molecular complexity index is 1460. The molecule has 2 N–H and O–H groups in total. The van der Waals surface area contributed by atoms with E-state index in [2.05, 4.69) is 20.5 Å². The molecule has 1 fully saturated rings. The van der Waals surface area contributed by atoms with E-state index in [-0.39, 0.29) is 29.0 Å². The summed E-state index contributed by atoms with van der Waals surface area (Å²) in [6.07, 6.45) is 4.78. The second kappa shape index (κ2) is 11.0. The zero-order valence-electron chi connectivity index (χ0n) is 21.6. The minimum Gasteiger partial charge on any atom is -0.373 e. The minimum absolute atomic E-state index is 0.0132. The molecule has 10 heteroatoms. The molecule has 4 aromatic rings. The molecule has 0 bridgehead atoms. The number of H-pyrrole nitrogens is 1. The van der Waals surface area contributed by atoms with Crippen LogP contribution in [0.4, 0.5) is 20.2 Å². The Kier molecular flexibility index (Phi) is 7.36. The molecule has 0 saturated carbocycles. The molecule has 0 aliphatic carbocycles. The molecule has 0 radical (unpaired) electrons. The Morgan fingerprint density at radius 3 is 2.23 bits per heavy atom. The summed E-state index contributed by atoms with van der Waals surface area (Å²) in [7, 11) is 3.10. The third kappa shape index (κ3) is 5.64. The first-order valence-electron chi connectivity index (χ1n) is 12.6. The highest BCUT2D eigenvalue weighted by molar-refractivity contribution is 6.03. The van der Waals surface area contributed by atoms with Gasteiger partial charge in [-0.3, -0.25) is 19.7 Å². The van der Waals surface area contributed by atoms with Gasteiger partial charge in [-0.15, -0.1) is 0 Å². The molecule has 39 heavy (non-hydrogen) atoms. The van der Waals surface area contributed by atoms with E-state index < -0.39 is 11.6 Å². The van der Waals surface area contributed by atoms with E-state index in [0.29, 0.717) is 30.2 Å². The molecule has 0 spiro atoms. The SMILES string of the molecule is CN(C)c1c(F)cc(C(=O)N2CCC(c3ccc(NC(=O)c4cc(-c5ccncc5)n[nH]4)cc3)CC2)cc1F. The standard InChI is InChI=1S/C29H28F2N6O2/c1-36(2)27-23(30)15-21(16-24(27)31)29(39)37-13-9-19(10-14-37)18-3-5-22(6-4-18)33-28(38)26-17-25(34-35-26)20-7-11-32-12-8-20/h3-8,11-12,15-17,19H,9-10,13-14H2,1-2H3,(H,33,38)(H,34,35). The van der Waals surface area contributed by atoms with E-state index in [9.17, 15) is 18.4 Å². The van der Waals surface area contributed by atoms with Gasteiger partial charge in [0.05, 0.1) is 5.69 Å². The van der Waals surface area contributed by atoms with Crippen LogP contribution in [0.5, 0.6) is 0 Å². The number of hydrogen-bond acceptors (Lipinski definition) is 5. The quantitative estimate of drug-likeness (QED) is 0.362. The Hall–Kier alpha value is -4.60. The minimum atomic E-state index is -0.757. The summed E-state index contributed by atoms with van der Waals surface area (Å²) in [4.78, 5) is 32.5. The highest BCUT2D eigenvalue weighted by atomic mass is 19.1. The monoisotopic (exact) mass is 530 g/mol. The molecule has 2 amide bonds. The molecule has 200 valence electrons. The van der Waals surface area contributed by atoms with Gasteiger partial charge in [0, 0.05) is 56.4 Å². The third-order valence-electron chi connectivity index (χ3n) is 6.93. The zero-order valence-corrected chi connectivity index (χ0v) is 21.6. The van der Waals surface area contributed by atoms with Gasteiger partial charge in [-0.05, 0) is 66.8 Å². The molecular weight excluding hydrogens is 502 g/mol. The zero-order chi connectivity index (χ0) is 27.5. The van der Waals surface area contributed by atoms with Crippen molar-refractivity contribution in [1.29, 1.82) is 0 Å². The highest BCUT2D eigenvalue weighted by Crippen LogP contribution is 2.30. The topological polar surface area (TPSA) is 94.2 Å². The molecule has 2 aromatic carbocycles. The van der Waals surface area contributed by atoms with E-state index in [1.807, 2.05) is 36.4 Å². The summed E-state index contributed by atoms with van der Waals surface area (Å²) in [6.45, 7) is 0.973. The van der Waals surface area contributed by atoms with Crippen molar-refractivity contribution in [3.63, 3.8) is 0 Å². The lowest BCUT2D eigenvalue weighted by Gasteiger charge is -2.32. The third-order valence-corrected chi connectivity index (χ3v) is 6.93. The van der Waals surface area contributed by atoms with Crippen LogP contribution in [0.3, 0.4) is 0 Å². The van der Waals surface area contributed by atoms with Gasteiger partial charge >= 0.3 is 0 Å². The molecule has 5 rings (SSSR count). The van der Waals surface area contributed by atoms with Crippen molar-refractivity contribution in [3.8, 4) is 11.3 Å². The summed E-state index contributed by atoms with van der Waals surface area (Å²) >= 11 is 0. The average molecular weight is 531 g/mol. The number of pyridine rings is 1. The van der Waals surface area contributed by atoms with Crippen LogP contribution in [0.2, 0.25) is 0 Å². The van der Waals surface area contributed by atoms with Gasteiger partial charge in [-0.25, -0.2) is 8.78 Å². The number of amides is 2. The molecule has 1 aliphatic rings. The van der Waals surface area contributed by atoms with Gasteiger partial charge in [0.1, 0.15) is 23.0 Å². The van der Waals surface area contributed by atoms with Crippen LogP contribution in [0.15, 0.2) is 67.0 Å². The van der Waals surface area contributed by atoms with Gasteiger partial charge in [0.2, 0.25) is 0 Å². The maximum absolute atomic E-state index is 14.4. The van der Waals surface area contributed by atoms with Gasteiger partial charge in [0.15, 0.2) is 0 Å². The number of piperidine rings is 1. The van der Waals surface area contributed by atoms with Crippen molar-refractivity contribution >= 4 is 23.2 Å². The predicted molar refractivity (Wildman–Crippen MR) is 145 cm³/mol. The summed E-state index contributed by atoms with van der Waals surface area (Å²) < 4.78 is 28.7. The highest BCUT2D eigenvalue weighted by Gasteiger charge is 2.26. The Morgan fingerprint density at radius 2 is 1.62 bits per heavy atom. The number of halogens is 2. The Morgan fingerprint density at radius 1 is 0.974 bits per heavy atom. The fourth-order valence-electron chi connectivity index (χ4n) is 4.86. The van der Waals surface area contributed by atoms with Gasteiger partial charge in [0.25, 0.3) is 11.8 Å². The second-order valence-corrected chi connectivity index (χ2v) is 9.73. The Balaban J connectivity index is 1.17. The van der Waals surface area contributed by atoms with Crippen LogP contribution in [0.1, 0.15) is 45.2 Å². The van der Waals surface area contributed by atoms with E-state index in [0.717, 1.165) is 36.1 Å². The van der Waals surface area contributed by atoms with E-state index in [4.69, 9.17) is 0 Å². The van der Waals surface area contributed by atoms with Gasteiger partial charge < -0.3 is 15.1 Å². The fraction of sp³-hybridized carbons (Fsp3) is 0.241. The number of carbonyl (C=O) groups is 2. The number of carbonyl (C=O) groups excluding carboxylic acids is 2. The maximum atomic E-state index is 14.4. The number of benzene rings is 2. The van der Waals surface area contributed by atoms with Crippen molar-refractivity contribution in [1.82, 2.24) is 20.1 Å². The number of aromatic amines is 1. The summed E-state index contributed by atoms with van der Waals surface area (Å²) in [5, 5.41) is 9.84. The van der Waals surface area contributed by atoms with Gasteiger partial charge in [-0.1, -0.05) is 12.1 Å². The smallest absolute Gasteiger partial charge is 0.273 e. The first kappa shape index (κ1) is 26.0. The number of rotatable bonds is 6. The summed E-state index contributed by atoms with van der Waals surface area (Å²) in [6, 6.07) is 15.2. The lowest BCUT2D eigenvalue weighted by atomic mass is 9.89. The largest absolute Gasteiger partial charge is 0.373 e. The summed E-state index contributed by atoms with van der Waals surface area (Å²) in [5.74, 6) is -1.95. The predicted octanol–water partition coefficient (Wildman–Crippen LogP) is 5.09. The molecule has 2 aromatic heterocycles. The van der Waals surface area contributed by atoms with Crippen LogP contribution in [-0.4, -0.2) is 59.1 Å². The number of anilines is 2. The van der Waals surface area contributed by atoms with Crippen LogP contribution >= 0.6 is 0 Å². The number of hydrogen-bond donors (Lipinski definition) is 2. The van der Waals surface area contributed by atoms with Crippen LogP contribution in [0.25, 0.3) is 11.3 Å². The first-order valence-corrected chi connectivity index (χ1v) is 12.6. The number of nitrogens with zero attached hydrogens (tertiary/aromatic N) is 4. The first-order chi connectivity index (χ1) is 18.8. The molecule has 3 heterocycles. The number of nitrogens with one attached hydrogen (secondary N) is 2. The molecule has 0 unspecified atom stereocenters. The molecule has 1 saturated heterocycles. The van der Waals surface area contributed by atoms with Crippen molar-refractivity contribution in [3.05, 3.63) is 95.4 Å². The van der Waals surface area contributed by atoms with E-state index in [1.165, 1.54) is 4.90 Å². The van der Waals surface area contributed by atoms with Gasteiger partial charge in [-0.2, -0.15) is 5.10 Å². The molecular formula is C29H28F2N6O2. The fourth-order valence-corrected chi connectivity index (χ4v) is 4.86. The van der Waals surface area contributed by atoms with Crippen LogP contribution < -0.4 is 10.2 Å². The van der Waals surface area contributed by atoms with E-state index in [1.54, 1.807) is 37.5 Å². The Labute approximate surface area is 224 Å². The molecule has 8 nitrogen and oxygen atoms in total. The number of likely N-dealkylation sites (tertiary alicyclic amines) is 1. The molecule has 1 aliphatic heterocycles. The molecule has 0 atom stereocenters. The second-order valence-electron chi connectivity index (χ2n) is 9.73. The van der Waals surface area contributed by atoms with Crippen molar-refractivity contribution in [2.45, 2.75) is 18.8 Å². The van der Waals surface area contributed by atoms with Crippen molar-refractivity contribution in [2.24, 2.45) is 0 Å². The van der Waals surface area contributed by atoms with Crippen molar-refractivity contribution < 1.29 is 18.4 Å². The lowest BCUT2D eigenvalue weighted by Crippen LogP contribution is -2.38. The maximum Gasteiger partial charge on any atom is 0.273 e. The van der Waals surface area contributed by atoms with Crippen LogP contribution in [0, 0.1) is 11.6 Å². The average Bonchev–Trinajstić information content (AvgIpc) is 3.44.